The number of nitrogens with zero attached hydrogens (tertiary/aromatic N) is 1. The minimum Gasteiger partial charge on any atom is -0.508 e. The predicted molar refractivity (Wildman–Crippen MR) is 101 cm³/mol. The van der Waals surface area contributed by atoms with Gasteiger partial charge in [-0.15, -0.1) is 0 Å². The number of carbonyl (C=O) groups excluding carboxylic acids is 1. The van der Waals surface area contributed by atoms with Crippen LogP contribution in [0.3, 0.4) is 0 Å². The molecular weight excluding hydrogens is 328 g/mol. The standard InChI is InChI=1S/C21H26N2O3/c1-15-2-4-16(5-3-15)13-23-11-10-18(20(25)14-23)12-22-21(26)17-6-8-19(24)9-7-17/h2-9,18,20,24-25H,10-14H2,1H3,(H,22,26). The number of β-amino-alcohol motifs (C(OH)–C–C–N with tert-alkyl or cyclic N) is 1. The van der Waals surface area contributed by atoms with E-state index in [0.717, 1.165) is 19.5 Å². The van der Waals surface area contributed by atoms with E-state index in [0.29, 0.717) is 18.7 Å². The first-order valence-electron chi connectivity index (χ1n) is 9.04. The molecule has 1 aliphatic heterocycles. The molecule has 1 amide bonds. The number of hydrogen-bond donors (Lipinski definition) is 3. The van der Waals surface area contributed by atoms with Crippen molar-refractivity contribution in [2.24, 2.45) is 5.92 Å². The van der Waals surface area contributed by atoms with E-state index < -0.39 is 6.10 Å². The fourth-order valence-corrected chi connectivity index (χ4v) is 3.32. The van der Waals surface area contributed by atoms with Crippen molar-refractivity contribution in [3.63, 3.8) is 0 Å². The van der Waals surface area contributed by atoms with E-state index >= 15 is 0 Å². The number of likely N-dealkylation sites (tertiary alicyclic amines) is 1. The molecule has 138 valence electrons. The second-order valence-electron chi connectivity index (χ2n) is 7.09. The molecule has 0 bridgehead atoms. The van der Waals surface area contributed by atoms with Crippen molar-refractivity contribution in [3.8, 4) is 5.75 Å². The zero-order valence-corrected chi connectivity index (χ0v) is 15.1. The highest BCUT2D eigenvalue weighted by atomic mass is 16.3. The van der Waals surface area contributed by atoms with Crippen molar-refractivity contribution in [2.75, 3.05) is 19.6 Å². The third-order valence-corrected chi connectivity index (χ3v) is 4.99. The largest absolute Gasteiger partial charge is 0.508 e. The number of rotatable bonds is 5. The summed E-state index contributed by atoms with van der Waals surface area (Å²) in [5.41, 5.74) is 3.01. The maximum absolute atomic E-state index is 12.2. The molecule has 1 saturated heterocycles. The summed E-state index contributed by atoms with van der Waals surface area (Å²) in [4.78, 5) is 14.4. The minimum absolute atomic E-state index is 0.0605. The van der Waals surface area contributed by atoms with Gasteiger partial charge in [0.2, 0.25) is 0 Å². The van der Waals surface area contributed by atoms with Crippen LogP contribution in [0.25, 0.3) is 0 Å². The quantitative estimate of drug-likeness (QED) is 0.770. The van der Waals surface area contributed by atoms with E-state index in [2.05, 4.69) is 41.4 Å². The van der Waals surface area contributed by atoms with Crippen LogP contribution < -0.4 is 5.32 Å². The Balaban J connectivity index is 1.47. The lowest BCUT2D eigenvalue weighted by Gasteiger charge is -2.36. The maximum Gasteiger partial charge on any atom is 0.251 e. The molecule has 5 heteroatoms. The van der Waals surface area contributed by atoms with Crippen LogP contribution in [-0.2, 0) is 6.54 Å². The number of carbonyl (C=O) groups is 1. The van der Waals surface area contributed by atoms with Crippen molar-refractivity contribution in [3.05, 3.63) is 65.2 Å². The molecule has 0 aliphatic carbocycles. The number of aromatic hydroxyl groups is 1. The van der Waals surface area contributed by atoms with Gasteiger partial charge in [-0.3, -0.25) is 9.69 Å². The van der Waals surface area contributed by atoms with Crippen LogP contribution >= 0.6 is 0 Å². The number of aryl methyl sites for hydroxylation is 1. The van der Waals surface area contributed by atoms with Crippen molar-refractivity contribution in [1.29, 1.82) is 0 Å². The summed E-state index contributed by atoms with van der Waals surface area (Å²) in [6, 6.07) is 14.6. The number of piperidine rings is 1. The highest BCUT2D eigenvalue weighted by Crippen LogP contribution is 2.20. The Morgan fingerprint density at radius 2 is 1.85 bits per heavy atom. The Morgan fingerprint density at radius 1 is 1.15 bits per heavy atom. The third kappa shape index (κ3) is 4.84. The number of nitrogens with one attached hydrogen (secondary N) is 1. The first kappa shape index (κ1) is 18.4. The predicted octanol–water partition coefficient (Wildman–Crippen LogP) is 2.31. The van der Waals surface area contributed by atoms with Gasteiger partial charge in [0.25, 0.3) is 5.91 Å². The van der Waals surface area contributed by atoms with Crippen LogP contribution in [-0.4, -0.2) is 46.8 Å². The summed E-state index contributed by atoms with van der Waals surface area (Å²) in [5.74, 6) is 0.0162. The van der Waals surface area contributed by atoms with Crippen LogP contribution in [0, 0.1) is 12.8 Å². The van der Waals surface area contributed by atoms with E-state index in [-0.39, 0.29) is 17.6 Å². The van der Waals surface area contributed by atoms with E-state index in [4.69, 9.17) is 0 Å². The van der Waals surface area contributed by atoms with Gasteiger partial charge in [-0.1, -0.05) is 29.8 Å². The average Bonchev–Trinajstić information content (AvgIpc) is 2.63. The molecule has 0 saturated carbocycles. The van der Waals surface area contributed by atoms with Gasteiger partial charge in [0, 0.05) is 31.1 Å². The molecule has 0 aromatic heterocycles. The third-order valence-electron chi connectivity index (χ3n) is 4.99. The fourth-order valence-electron chi connectivity index (χ4n) is 3.32. The highest BCUT2D eigenvalue weighted by molar-refractivity contribution is 5.94. The van der Waals surface area contributed by atoms with Gasteiger partial charge >= 0.3 is 0 Å². The van der Waals surface area contributed by atoms with Gasteiger partial charge in [0.1, 0.15) is 5.75 Å². The van der Waals surface area contributed by atoms with E-state index in [1.165, 1.54) is 23.3 Å². The Morgan fingerprint density at radius 3 is 2.50 bits per heavy atom. The number of phenols is 1. The molecule has 0 radical (unpaired) electrons. The van der Waals surface area contributed by atoms with Gasteiger partial charge in [0.05, 0.1) is 6.10 Å². The van der Waals surface area contributed by atoms with E-state index in [9.17, 15) is 15.0 Å². The topological polar surface area (TPSA) is 72.8 Å². The molecule has 0 spiro atoms. The van der Waals surface area contributed by atoms with Crippen LogP contribution in [0.5, 0.6) is 5.75 Å². The second kappa shape index (κ2) is 8.34. The van der Waals surface area contributed by atoms with E-state index in [1.54, 1.807) is 12.1 Å². The van der Waals surface area contributed by atoms with Gasteiger partial charge in [-0.05, 0) is 49.7 Å². The monoisotopic (exact) mass is 354 g/mol. The summed E-state index contributed by atoms with van der Waals surface area (Å²) >= 11 is 0. The van der Waals surface area contributed by atoms with Crippen molar-refractivity contribution >= 4 is 5.91 Å². The molecule has 1 aliphatic rings. The molecule has 2 aromatic carbocycles. The second-order valence-corrected chi connectivity index (χ2v) is 7.09. The van der Waals surface area contributed by atoms with E-state index in [1.807, 2.05) is 0 Å². The summed E-state index contributed by atoms with van der Waals surface area (Å²) < 4.78 is 0. The normalized spacial score (nSPS) is 20.7. The zero-order chi connectivity index (χ0) is 18.5. The van der Waals surface area contributed by atoms with Crippen LogP contribution in [0.2, 0.25) is 0 Å². The van der Waals surface area contributed by atoms with Gasteiger partial charge in [0.15, 0.2) is 0 Å². The highest BCUT2D eigenvalue weighted by Gasteiger charge is 2.28. The summed E-state index contributed by atoms with van der Waals surface area (Å²) in [6.45, 7) is 4.90. The molecule has 1 fully saturated rings. The van der Waals surface area contributed by atoms with Crippen LogP contribution in [0.4, 0.5) is 0 Å². The number of aliphatic hydroxyl groups is 1. The summed E-state index contributed by atoms with van der Waals surface area (Å²) in [7, 11) is 0. The van der Waals surface area contributed by atoms with Gasteiger partial charge in [-0.2, -0.15) is 0 Å². The van der Waals surface area contributed by atoms with Crippen molar-refractivity contribution in [1.82, 2.24) is 10.2 Å². The first-order chi connectivity index (χ1) is 12.5. The average molecular weight is 354 g/mol. The van der Waals surface area contributed by atoms with Gasteiger partial charge in [-0.25, -0.2) is 0 Å². The van der Waals surface area contributed by atoms with Crippen molar-refractivity contribution in [2.45, 2.75) is 26.0 Å². The minimum atomic E-state index is -0.450. The first-order valence-corrected chi connectivity index (χ1v) is 9.04. The molecule has 2 unspecified atom stereocenters. The molecule has 3 N–H and O–H groups in total. The summed E-state index contributed by atoms with van der Waals surface area (Å²) in [6.07, 6.45) is 0.400. The lowest BCUT2D eigenvalue weighted by Crippen LogP contribution is -2.47. The van der Waals surface area contributed by atoms with Crippen LogP contribution in [0.1, 0.15) is 27.9 Å². The SMILES string of the molecule is Cc1ccc(CN2CCC(CNC(=O)c3ccc(O)cc3)C(O)C2)cc1. The van der Waals surface area contributed by atoms with Gasteiger partial charge < -0.3 is 15.5 Å². The molecule has 2 aromatic rings. The smallest absolute Gasteiger partial charge is 0.251 e. The number of benzene rings is 2. The Kier molecular flexibility index (Phi) is 5.91. The summed E-state index contributed by atoms with van der Waals surface area (Å²) in [5, 5.41) is 22.6. The molecular formula is C21H26N2O3. The molecule has 5 nitrogen and oxygen atoms in total. The molecule has 3 rings (SSSR count). The Labute approximate surface area is 154 Å². The Bertz CT molecular complexity index is 728. The molecule has 1 heterocycles. The Hall–Kier alpha value is -2.37. The number of aliphatic hydroxyl groups excluding tert-OH is 1. The van der Waals surface area contributed by atoms with Crippen LogP contribution in [0.15, 0.2) is 48.5 Å². The fraction of sp³-hybridized carbons (Fsp3) is 0.381. The zero-order valence-electron chi connectivity index (χ0n) is 15.1. The molecule has 2 atom stereocenters. The van der Waals surface area contributed by atoms with Crippen molar-refractivity contribution < 1.29 is 15.0 Å². The molecule has 26 heavy (non-hydrogen) atoms. The lowest BCUT2D eigenvalue weighted by molar-refractivity contribution is 0.0190. The number of hydrogen-bond acceptors (Lipinski definition) is 4. The maximum atomic E-state index is 12.2. The number of phenolic OH excluding ortho intramolecular Hbond substituents is 1. The number of amides is 1. The lowest BCUT2D eigenvalue weighted by atomic mass is 9.93.